The van der Waals surface area contributed by atoms with Crippen LogP contribution in [-0.2, 0) is 14.4 Å². The molecule has 0 bridgehead atoms. The van der Waals surface area contributed by atoms with Crippen LogP contribution in [0.15, 0.2) is 0 Å². The van der Waals surface area contributed by atoms with Gasteiger partial charge in [-0.3, -0.25) is 9.59 Å². The highest BCUT2D eigenvalue weighted by Crippen LogP contribution is 2.11. The number of rotatable bonds is 5. The van der Waals surface area contributed by atoms with Gasteiger partial charge in [0.2, 0.25) is 11.8 Å². The molecule has 0 spiro atoms. The first-order valence-electron chi connectivity index (χ1n) is 5.70. The molecule has 6 nitrogen and oxygen atoms in total. The molecule has 0 aromatic rings. The van der Waals surface area contributed by atoms with Crippen molar-refractivity contribution in [1.29, 1.82) is 0 Å². The summed E-state index contributed by atoms with van der Waals surface area (Å²) < 4.78 is 0. The normalized spacial score (nSPS) is 21.1. The van der Waals surface area contributed by atoms with Gasteiger partial charge >= 0.3 is 5.97 Å². The molecule has 1 aliphatic heterocycles. The first-order chi connectivity index (χ1) is 7.90. The molecule has 2 atom stereocenters. The summed E-state index contributed by atoms with van der Waals surface area (Å²) in [5, 5.41) is 14.0. The molecule has 96 valence electrons. The standard InChI is InChI=1S/C11H18N2O4/c1-6(2)3-8(11(16)17)13-10(15)7-4-9(14)12-5-7/h6-8H,3-5H2,1-2H3,(H,12,14)(H,13,15)(H,16,17). The average molecular weight is 242 g/mol. The van der Waals surface area contributed by atoms with Crippen molar-refractivity contribution in [3.05, 3.63) is 0 Å². The largest absolute Gasteiger partial charge is 0.480 e. The highest BCUT2D eigenvalue weighted by molar-refractivity contribution is 5.91. The van der Waals surface area contributed by atoms with Crippen molar-refractivity contribution < 1.29 is 19.5 Å². The summed E-state index contributed by atoms with van der Waals surface area (Å²) in [6.45, 7) is 4.07. The Bertz CT molecular complexity index is 327. The molecule has 0 aliphatic carbocycles. The minimum absolute atomic E-state index is 0.139. The molecule has 1 fully saturated rings. The van der Waals surface area contributed by atoms with Gasteiger partial charge in [-0.15, -0.1) is 0 Å². The van der Waals surface area contributed by atoms with Crippen LogP contribution in [0.5, 0.6) is 0 Å². The second-order valence-electron chi connectivity index (χ2n) is 4.73. The molecular weight excluding hydrogens is 224 g/mol. The molecule has 0 aromatic carbocycles. The van der Waals surface area contributed by atoms with E-state index >= 15 is 0 Å². The lowest BCUT2D eigenvalue weighted by molar-refractivity contribution is -0.142. The van der Waals surface area contributed by atoms with Crippen molar-refractivity contribution in [2.24, 2.45) is 11.8 Å². The molecule has 1 saturated heterocycles. The van der Waals surface area contributed by atoms with Crippen molar-refractivity contribution in [3.8, 4) is 0 Å². The summed E-state index contributed by atoms with van der Waals surface area (Å²) in [7, 11) is 0. The first kappa shape index (κ1) is 13.5. The summed E-state index contributed by atoms with van der Waals surface area (Å²) in [6, 6.07) is -0.877. The van der Waals surface area contributed by atoms with Crippen LogP contribution in [0.3, 0.4) is 0 Å². The molecular formula is C11H18N2O4. The number of hydrogen-bond acceptors (Lipinski definition) is 3. The minimum atomic E-state index is -1.04. The van der Waals surface area contributed by atoms with Crippen LogP contribution >= 0.6 is 0 Å². The highest BCUT2D eigenvalue weighted by Gasteiger charge is 2.30. The van der Waals surface area contributed by atoms with Gasteiger partial charge in [-0.1, -0.05) is 13.8 Å². The van der Waals surface area contributed by atoms with E-state index < -0.39 is 17.9 Å². The Kier molecular flexibility index (Phi) is 4.48. The molecule has 1 rings (SSSR count). The number of aliphatic carboxylic acids is 1. The average Bonchev–Trinajstić information content (AvgIpc) is 2.63. The van der Waals surface area contributed by atoms with Gasteiger partial charge in [-0.25, -0.2) is 4.79 Å². The zero-order valence-electron chi connectivity index (χ0n) is 10.0. The number of amides is 2. The van der Waals surface area contributed by atoms with Crippen molar-refractivity contribution in [3.63, 3.8) is 0 Å². The second kappa shape index (κ2) is 5.65. The lowest BCUT2D eigenvalue weighted by Crippen LogP contribution is -2.44. The van der Waals surface area contributed by atoms with Crippen LogP contribution in [0.4, 0.5) is 0 Å². The number of carbonyl (C=O) groups excluding carboxylic acids is 2. The lowest BCUT2D eigenvalue weighted by Gasteiger charge is -2.18. The maximum absolute atomic E-state index is 11.7. The van der Waals surface area contributed by atoms with Crippen LogP contribution in [-0.4, -0.2) is 35.5 Å². The van der Waals surface area contributed by atoms with Crippen LogP contribution in [0.2, 0.25) is 0 Å². The van der Waals surface area contributed by atoms with Crippen molar-refractivity contribution in [2.45, 2.75) is 32.7 Å². The third kappa shape index (κ3) is 4.05. The maximum Gasteiger partial charge on any atom is 0.326 e. The van der Waals surface area contributed by atoms with E-state index in [1.54, 1.807) is 0 Å². The Morgan fingerprint density at radius 3 is 2.59 bits per heavy atom. The van der Waals surface area contributed by atoms with E-state index in [1.165, 1.54) is 0 Å². The molecule has 0 saturated carbocycles. The molecule has 2 amide bonds. The van der Waals surface area contributed by atoms with Crippen molar-refractivity contribution >= 4 is 17.8 Å². The van der Waals surface area contributed by atoms with Crippen LogP contribution < -0.4 is 10.6 Å². The summed E-state index contributed by atoms with van der Waals surface area (Å²) in [4.78, 5) is 33.6. The third-order valence-electron chi connectivity index (χ3n) is 2.67. The molecule has 3 N–H and O–H groups in total. The van der Waals surface area contributed by atoms with E-state index in [9.17, 15) is 14.4 Å². The van der Waals surface area contributed by atoms with Gasteiger partial charge in [-0.2, -0.15) is 0 Å². The topological polar surface area (TPSA) is 95.5 Å². The number of hydrogen-bond donors (Lipinski definition) is 3. The summed E-state index contributed by atoms with van der Waals surface area (Å²) in [5.74, 6) is -1.84. The Morgan fingerprint density at radius 1 is 1.53 bits per heavy atom. The van der Waals surface area contributed by atoms with Gasteiger partial charge in [0.25, 0.3) is 0 Å². The van der Waals surface area contributed by atoms with Gasteiger partial charge in [0, 0.05) is 13.0 Å². The predicted molar refractivity (Wildman–Crippen MR) is 60.1 cm³/mol. The maximum atomic E-state index is 11.7. The Morgan fingerprint density at radius 2 is 2.18 bits per heavy atom. The van der Waals surface area contributed by atoms with E-state index in [2.05, 4.69) is 10.6 Å². The molecule has 0 radical (unpaired) electrons. The van der Waals surface area contributed by atoms with E-state index in [0.29, 0.717) is 13.0 Å². The SMILES string of the molecule is CC(C)CC(NC(=O)C1CNC(=O)C1)C(=O)O. The number of carbonyl (C=O) groups is 3. The van der Waals surface area contributed by atoms with Gasteiger partial charge < -0.3 is 15.7 Å². The van der Waals surface area contributed by atoms with E-state index in [-0.39, 0.29) is 24.2 Å². The van der Waals surface area contributed by atoms with Gasteiger partial charge in [0.05, 0.1) is 5.92 Å². The minimum Gasteiger partial charge on any atom is -0.480 e. The Hall–Kier alpha value is -1.59. The molecule has 6 heteroatoms. The summed E-state index contributed by atoms with van der Waals surface area (Å²) in [6.07, 6.45) is 0.523. The molecule has 17 heavy (non-hydrogen) atoms. The monoisotopic (exact) mass is 242 g/mol. The van der Waals surface area contributed by atoms with Gasteiger partial charge in [0.15, 0.2) is 0 Å². The van der Waals surface area contributed by atoms with Crippen molar-refractivity contribution in [2.75, 3.05) is 6.54 Å². The number of carboxylic acids is 1. The zero-order chi connectivity index (χ0) is 13.0. The molecule has 0 aromatic heterocycles. The lowest BCUT2D eigenvalue weighted by atomic mass is 10.0. The molecule has 1 aliphatic rings. The fourth-order valence-corrected chi connectivity index (χ4v) is 1.77. The van der Waals surface area contributed by atoms with E-state index in [1.807, 2.05) is 13.8 Å². The van der Waals surface area contributed by atoms with E-state index in [4.69, 9.17) is 5.11 Å². The predicted octanol–water partition coefficient (Wildman–Crippen LogP) is -0.262. The summed E-state index contributed by atoms with van der Waals surface area (Å²) in [5.41, 5.74) is 0. The van der Waals surface area contributed by atoms with Gasteiger partial charge in [0.1, 0.15) is 6.04 Å². The van der Waals surface area contributed by atoms with Gasteiger partial charge in [-0.05, 0) is 12.3 Å². The quantitative estimate of drug-likeness (QED) is 0.619. The number of nitrogens with one attached hydrogen (secondary N) is 2. The summed E-state index contributed by atoms with van der Waals surface area (Å²) >= 11 is 0. The third-order valence-corrected chi connectivity index (χ3v) is 2.67. The Balaban J connectivity index is 2.52. The number of carboxylic acid groups (broad SMARTS) is 1. The smallest absolute Gasteiger partial charge is 0.326 e. The fraction of sp³-hybridized carbons (Fsp3) is 0.727. The highest BCUT2D eigenvalue weighted by atomic mass is 16.4. The van der Waals surface area contributed by atoms with Crippen LogP contribution in [0, 0.1) is 11.8 Å². The second-order valence-corrected chi connectivity index (χ2v) is 4.73. The fourth-order valence-electron chi connectivity index (χ4n) is 1.77. The van der Waals surface area contributed by atoms with Crippen LogP contribution in [0.25, 0.3) is 0 Å². The molecule has 2 unspecified atom stereocenters. The first-order valence-corrected chi connectivity index (χ1v) is 5.70. The van der Waals surface area contributed by atoms with Crippen LogP contribution in [0.1, 0.15) is 26.7 Å². The van der Waals surface area contributed by atoms with E-state index in [0.717, 1.165) is 0 Å². The zero-order valence-corrected chi connectivity index (χ0v) is 10.0. The molecule has 1 heterocycles. The Labute approximate surface area is 99.8 Å². The van der Waals surface area contributed by atoms with Crippen molar-refractivity contribution in [1.82, 2.24) is 10.6 Å².